The molecule has 1 N–H and O–H groups in total. The number of aryl methyl sites for hydroxylation is 1. The Kier molecular flexibility index (Phi) is 3.45. The van der Waals surface area contributed by atoms with Crippen molar-refractivity contribution in [2.45, 2.75) is 13.3 Å². The van der Waals surface area contributed by atoms with Gasteiger partial charge in [0.15, 0.2) is 0 Å². The number of rotatable bonds is 4. The molecule has 0 aliphatic rings. The second-order valence-electron chi connectivity index (χ2n) is 6.09. The van der Waals surface area contributed by atoms with Crippen molar-refractivity contribution < 1.29 is 9.84 Å². The molecule has 0 spiro atoms. The molecular formula is C20H20N2O2. The first kappa shape index (κ1) is 14.7. The summed E-state index contributed by atoms with van der Waals surface area (Å²) >= 11 is 0. The van der Waals surface area contributed by atoms with Crippen molar-refractivity contribution in [2.24, 2.45) is 7.05 Å². The Morgan fingerprint density at radius 2 is 1.92 bits per heavy atom. The van der Waals surface area contributed by atoms with E-state index in [2.05, 4.69) is 29.7 Å². The highest BCUT2D eigenvalue weighted by atomic mass is 16.5. The van der Waals surface area contributed by atoms with E-state index in [1.807, 2.05) is 48.3 Å². The summed E-state index contributed by atoms with van der Waals surface area (Å²) in [5, 5.41) is 13.6. The molecule has 0 unspecified atom stereocenters. The lowest BCUT2D eigenvalue weighted by atomic mass is 10.2. The number of fused-ring (bicyclic) bond motifs is 2. The van der Waals surface area contributed by atoms with Gasteiger partial charge in [0.2, 0.25) is 5.88 Å². The molecule has 0 aliphatic heterocycles. The fourth-order valence-electron chi connectivity index (χ4n) is 3.10. The quantitative estimate of drug-likeness (QED) is 0.596. The minimum atomic E-state index is 0.238. The lowest BCUT2D eigenvalue weighted by molar-refractivity contribution is 0.318. The maximum atomic E-state index is 10.7. The van der Waals surface area contributed by atoms with Gasteiger partial charge in [0.1, 0.15) is 5.75 Å². The van der Waals surface area contributed by atoms with Crippen molar-refractivity contribution in [2.75, 3.05) is 6.61 Å². The van der Waals surface area contributed by atoms with Gasteiger partial charge in [0.05, 0.1) is 6.61 Å². The molecule has 2 aromatic heterocycles. The number of aromatic nitrogens is 2. The van der Waals surface area contributed by atoms with Crippen LogP contribution in [0.2, 0.25) is 0 Å². The van der Waals surface area contributed by atoms with Gasteiger partial charge in [0.25, 0.3) is 0 Å². The first-order chi connectivity index (χ1) is 11.7. The third kappa shape index (κ3) is 2.31. The van der Waals surface area contributed by atoms with Crippen molar-refractivity contribution >= 4 is 21.7 Å². The zero-order valence-electron chi connectivity index (χ0n) is 13.9. The molecule has 0 radical (unpaired) electrons. The molecule has 4 aromatic rings. The van der Waals surface area contributed by atoms with Crippen LogP contribution in [-0.4, -0.2) is 20.8 Å². The van der Waals surface area contributed by atoms with E-state index < -0.39 is 0 Å². The lowest BCUT2D eigenvalue weighted by Crippen LogP contribution is -1.94. The van der Waals surface area contributed by atoms with E-state index >= 15 is 0 Å². The van der Waals surface area contributed by atoms with Crippen LogP contribution in [0.5, 0.6) is 11.6 Å². The molecule has 0 saturated heterocycles. The summed E-state index contributed by atoms with van der Waals surface area (Å²) in [5.74, 6) is 1.03. The fraction of sp³-hybridized carbons (Fsp3) is 0.200. The van der Waals surface area contributed by atoms with E-state index in [1.165, 1.54) is 5.52 Å². The second-order valence-corrected chi connectivity index (χ2v) is 6.09. The summed E-state index contributed by atoms with van der Waals surface area (Å²) < 4.78 is 9.58. The van der Waals surface area contributed by atoms with Crippen LogP contribution in [0, 0.1) is 0 Å². The molecule has 122 valence electrons. The molecule has 2 aromatic carbocycles. The van der Waals surface area contributed by atoms with Gasteiger partial charge < -0.3 is 14.4 Å². The smallest absolute Gasteiger partial charge is 0.203 e. The number of benzene rings is 2. The van der Waals surface area contributed by atoms with E-state index in [4.69, 9.17) is 4.74 Å². The van der Waals surface area contributed by atoms with Crippen LogP contribution < -0.4 is 4.74 Å². The second kappa shape index (κ2) is 5.64. The number of aromatic hydroxyl groups is 1. The van der Waals surface area contributed by atoms with Crippen LogP contribution >= 0.6 is 0 Å². The summed E-state index contributed by atoms with van der Waals surface area (Å²) in [6, 6.07) is 14.1. The zero-order chi connectivity index (χ0) is 16.7. The van der Waals surface area contributed by atoms with Gasteiger partial charge in [-0.05, 0) is 48.9 Å². The predicted molar refractivity (Wildman–Crippen MR) is 97.2 cm³/mol. The van der Waals surface area contributed by atoms with Crippen molar-refractivity contribution in [1.29, 1.82) is 0 Å². The minimum absolute atomic E-state index is 0.238. The van der Waals surface area contributed by atoms with Gasteiger partial charge in [0, 0.05) is 46.8 Å². The SMILES string of the molecule is CCCOc1ccc2cn(-c3ccc4c(ccn4C)c3)c(O)c2c1. The average Bonchev–Trinajstić information content (AvgIpc) is 3.13. The normalized spacial score (nSPS) is 11.4. The van der Waals surface area contributed by atoms with E-state index in [1.54, 1.807) is 0 Å². The van der Waals surface area contributed by atoms with Crippen LogP contribution in [0.15, 0.2) is 54.9 Å². The van der Waals surface area contributed by atoms with Gasteiger partial charge in [-0.15, -0.1) is 0 Å². The van der Waals surface area contributed by atoms with Crippen molar-refractivity contribution in [1.82, 2.24) is 9.13 Å². The third-order valence-corrected chi connectivity index (χ3v) is 4.38. The molecule has 4 nitrogen and oxygen atoms in total. The Labute approximate surface area is 140 Å². The minimum Gasteiger partial charge on any atom is -0.494 e. The fourth-order valence-corrected chi connectivity index (χ4v) is 3.10. The molecular weight excluding hydrogens is 300 g/mol. The number of ether oxygens (including phenoxy) is 1. The van der Waals surface area contributed by atoms with Crippen LogP contribution in [0.4, 0.5) is 0 Å². The molecule has 0 saturated carbocycles. The zero-order valence-corrected chi connectivity index (χ0v) is 13.9. The Morgan fingerprint density at radius 1 is 1.04 bits per heavy atom. The van der Waals surface area contributed by atoms with E-state index in [0.29, 0.717) is 6.61 Å². The highest BCUT2D eigenvalue weighted by Crippen LogP contribution is 2.33. The topological polar surface area (TPSA) is 39.3 Å². The van der Waals surface area contributed by atoms with Crippen LogP contribution in [0.25, 0.3) is 27.4 Å². The van der Waals surface area contributed by atoms with Crippen LogP contribution in [-0.2, 0) is 7.05 Å². The molecule has 0 aliphatic carbocycles. The van der Waals surface area contributed by atoms with Gasteiger partial charge in [-0.25, -0.2) is 0 Å². The molecule has 0 bridgehead atoms. The standard InChI is InChI=1S/C20H20N2O2/c1-3-10-24-17-6-4-15-13-22(20(23)18(15)12-17)16-5-7-19-14(11-16)8-9-21(19)2/h4-9,11-13,23H,3,10H2,1-2H3. The highest BCUT2D eigenvalue weighted by Gasteiger charge is 2.11. The summed E-state index contributed by atoms with van der Waals surface area (Å²) in [6.07, 6.45) is 4.96. The van der Waals surface area contributed by atoms with Gasteiger partial charge >= 0.3 is 0 Å². The predicted octanol–water partition coefficient (Wildman–Crippen LogP) is 4.62. The Balaban J connectivity index is 1.81. The Hall–Kier alpha value is -2.88. The molecule has 24 heavy (non-hydrogen) atoms. The van der Waals surface area contributed by atoms with Crippen LogP contribution in [0.3, 0.4) is 0 Å². The van der Waals surface area contributed by atoms with E-state index in [0.717, 1.165) is 34.0 Å². The molecule has 0 amide bonds. The Bertz CT molecular complexity index is 1030. The molecule has 0 atom stereocenters. The molecule has 2 heterocycles. The highest BCUT2D eigenvalue weighted by molar-refractivity contribution is 5.90. The number of hydrogen-bond acceptors (Lipinski definition) is 2. The Morgan fingerprint density at radius 3 is 2.75 bits per heavy atom. The number of hydrogen-bond donors (Lipinski definition) is 1. The van der Waals surface area contributed by atoms with Gasteiger partial charge in [-0.2, -0.15) is 0 Å². The average molecular weight is 320 g/mol. The molecule has 4 heteroatoms. The van der Waals surface area contributed by atoms with E-state index in [9.17, 15) is 5.11 Å². The summed E-state index contributed by atoms with van der Waals surface area (Å²) in [5.41, 5.74) is 2.11. The summed E-state index contributed by atoms with van der Waals surface area (Å²) in [6.45, 7) is 2.75. The number of nitrogens with zero attached hydrogens (tertiary/aromatic N) is 2. The van der Waals surface area contributed by atoms with Crippen molar-refractivity contribution in [3.05, 3.63) is 54.9 Å². The maximum absolute atomic E-state index is 10.7. The van der Waals surface area contributed by atoms with Gasteiger partial charge in [-0.3, -0.25) is 4.57 Å². The maximum Gasteiger partial charge on any atom is 0.203 e. The van der Waals surface area contributed by atoms with E-state index in [-0.39, 0.29) is 5.88 Å². The summed E-state index contributed by atoms with van der Waals surface area (Å²) in [4.78, 5) is 0. The van der Waals surface area contributed by atoms with Crippen molar-refractivity contribution in [3.8, 4) is 17.3 Å². The first-order valence-corrected chi connectivity index (χ1v) is 8.19. The van der Waals surface area contributed by atoms with Crippen LogP contribution in [0.1, 0.15) is 13.3 Å². The first-order valence-electron chi connectivity index (χ1n) is 8.19. The lowest BCUT2D eigenvalue weighted by Gasteiger charge is -2.06. The van der Waals surface area contributed by atoms with Crippen molar-refractivity contribution in [3.63, 3.8) is 0 Å². The third-order valence-electron chi connectivity index (χ3n) is 4.38. The molecule has 4 rings (SSSR count). The monoisotopic (exact) mass is 320 g/mol. The molecule has 0 fully saturated rings. The summed E-state index contributed by atoms with van der Waals surface area (Å²) in [7, 11) is 2.03. The largest absolute Gasteiger partial charge is 0.494 e. The van der Waals surface area contributed by atoms with Gasteiger partial charge in [-0.1, -0.05) is 6.92 Å².